The smallest absolute Gasteiger partial charge is 0.0230 e. The highest BCUT2D eigenvalue weighted by molar-refractivity contribution is 5.43. The van der Waals surface area contributed by atoms with Gasteiger partial charge in [0, 0.05) is 6.54 Å². The highest BCUT2D eigenvalue weighted by atomic mass is 15.1. The third-order valence-electron chi connectivity index (χ3n) is 3.87. The van der Waals surface area contributed by atoms with E-state index in [1.807, 2.05) is 0 Å². The molecule has 0 saturated heterocycles. The number of allylic oxidation sites excluding steroid dienone is 2. The monoisotopic (exact) mass is 205 g/mol. The average molecular weight is 205 g/mol. The quantitative estimate of drug-likeness (QED) is 0.635. The summed E-state index contributed by atoms with van der Waals surface area (Å²) in [6.07, 6.45) is 5.12. The third-order valence-corrected chi connectivity index (χ3v) is 3.87. The van der Waals surface area contributed by atoms with E-state index in [2.05, 4.69) is 38.8 Å². The zero-order chi connectivity index (χ0) is 11.0. The maximum Gasteiger partial charge on any atom is 0.0230 e. The number of hydrogen-bond acceptors (Lipinski definition) is 1. The van der Waals surface area contributed by atoms with E-state index < -0.39 is 0 Å². The lowest BCUT2D eigenvalue weighted by Crippen LogP contribution is -2.20. The fourth-order valence-electron chi connectivity index (χ4n) is 3.00. The van der Waals surface area contributed by atoms with Gasteiger partial charge >= 0.3 is 0 Å². The Morgan fingerprint density at radius 2 is 2.13 bits per heavy atom. The highest BCUT2D eigenvalue weighted by Gasteiger charge is 2.27. The summed E-state index contributed by atoms with van der Waals surface area (Å²) in [6, 6.07) is 0. The Labute approximate surface area is 93.9 Å². The number of hydrogen-bond donors (Lipinski definition) is 0. The summed E-state index contributed by atoms with van der Waals surface area (Å²) in [5, 5.41) is 0. The average Bonchev–Trinajstić information content (AvgIpc) is 2.37. The van der Waals surface area contributed by atoms with E-state index in [9.17, 15) is 0 Å². The molecule has 0 fully saturated rings. The molecule has 0 aromatic carbocycles. The molecule has 0 aromatic rings. The molecule has 0 amide bonds. The molecule has 0 spiro atoms. The Balaban J connectivity index is 2.23. The zero-order valence-corrected chi connectivity index (χ0v) is 10.5. The maximum absolute atomic E-state index is 2.48. The molecule has 1 unspecified atom stereocenters. The maximum atomic E-state index is 2.48. The first-order chi connectivity index (χ1) is 7.09. The van der Waals surface area contributed by atoms with Crippen molar-refractivity contribution >= 4 is 0 Å². The first-order valence-corrected chi connectivity index (χ1v) is 6.21. The molecule has 0 N–H and O–H groups in total. The van der Waals surface area contributed by atoms with Crippen LogP contribution in [0.15, 0.2) is 22.8 Å². The van der Waals surface area contributed by atoms with Crippen molar-refractivity contribution in [2.24, 2.45) is 11.8 Å². The Morgan fingerprint density at radius 3 is 2.80 bits per heavy atom. The van der Waals surface area contributed by atoms with Gasteiger partial charge in [-0.3, -0.25) is 0 Å². The van der Waals surface area contributed by atoms with Gasteiger partial charge in [-0.05, 0) is 43.8 Å². The van der Waals surface area contributed by atoms with Gasteiger partial charge in [0.25, 0.3) is 0 Å². The molecule has 1 atom stereocenters. The SMILES string of the molecule is CC(C)C1=CC2=C(CCCN(C)C2)C1C. The van der Waals surface area contributed by atoms with Crippen molar-refractivity contribution in [2.75, 3.05) is 20.1 Å². The lowest BCUT2D eigenvalue weighted by atomic mass is 9.88. The number of likely N-dealkylation sites (N-methyl/N-ethyl adjacent to an activating group) is 1. The van der Waals surface area contributed by atoms with E-state index in [0.29, 0.717) is 11.8 Å². The molecule has 2 aliphatic rings. The minimum Gasteiger partial charge on any atom is -0.302 e. The molecular formula is C14H23N. The molecule has 2 rings (SSSR count). The summed E-state index contributed by atoms with van der Waals surface area (Å²) in [5.41, 5.74) is 4.99. The van der Waals surface area contributed by atoms with Gasteiger partial charge in [-0.15, -0.1) is 0 Å². The second-order valence-corrected chi connectivity index (χ2v) is 5.41. The van der Waals surface area contributed by atoms with Crippen LogP contribution in [0, 0.1) is 11.8 Å². The van der Waals surface area contributed by atoms with Crippen molar-refractivity contribution in [3.05, 3.63) is 22.8 Å². The number of nitrogens with zero attached hydrogens (tertiary/aromatic N) is 1. The Bertz CT molecular complexity index is 309. The van der Waals surface area contributed by atoms with Crippen molar-refractivity contribution in [1.82, 2.24) is 4.90 Å². The Hall–Kier alpha value is -0.560. The van der Waals surface area contributed by atoms with E-state index in [-0.39, 0.29) is 0 Å². The minimum absolute atomic E-state index is 0.706. The molecular weight excluding hydrogens is 182 g/mol. The molecule has 1 heterocycles. The van der Waals surface area contributed by atoms with Gasteiger partial charge in [-0.2, -0.15) is 0 Å². The first-order valence-electron chi connectivity index (χ1n) is 6.21. The van der Waals surface area contributed by atoms with Crippen molar-refractivity contribution in [3.8, 4) is 0 Å². The number of rotatable bonds is 1. The van der Waals surface area contributed by atoms with Crippen LogP contribution in [0.25, 0.3) is 0 Å². The predicted octanol–water partition coefficient (Wildman–Crippen LogP) is 3.24. The van der Waals surface area contributed by atoms with Crippen molar-refractivity contribution in [2.45, 2.75) is 33.6 Å². The molecule has 0 aromatic heterocycles. The van der Waals surface area contributed by atoms with Crippen LogP contribution in [-0.2, 0) is 0 Å². The molecule has 1 aliphatic heterocycles. The lowest BCUT2D eigenvalue weighted by Gasteiger charge is -2.17. The molecule has 0 radical (unpaired) electrons. The minimum atomic E-state index is 0.706. The topological polar surface area (TPSA) is 3.24 Å². The lowest BCUT2D eigenvalue weighted by molar-refractivity contribution is 0.367. The standard InChI is InChI=1S/C14H23N/c1-10(2)14-8-12-9-15(4)7-5-6-13(12)11(14)3/h8,10-11H,5-7,9H2,1-4H3. The van der Waals surface area contributed by atoms with Crippen LogP contribution in [0.5, 0.6) is 0 Å². The summed E-state index contributed by atoms with van der Waals surface area (Å²) in [6.45, 7) is 9.44. The molecule has 84 valence electrons. The molecule has 1 aliphatic carbocycles. The van der Waals surface area contributed by atoms with Gasteiger partial charge in [0.15, 0.2) is 0 Å². The molecule has 0 bridgehead atoms. The summed E-state index contributed by atoms with van der Waals surface area (Å²) in [5.74, 6) is 1.42. The van der Waals surface area contributed by atoms with E-state index in [1.165, 1.54) is 19.4 Å². The Morgan fingerprint density at radius 1 is 1.40 bits per heavy atom. The van der Waals surface area contributed by atoms with Crippen LogP contribution in [0.3, 0.4) is 0 Å². The fraction of sp³-hybridized carbons (Fsp3) is 0.714. The van der Waals surface area contributed by atoms with Crippen molar-refractivity contribution in [1.29, 1.82) is 0 Å². The van der Waals surface area contributed by atoms with Crippen LogP contribution in [0.4, 0.5) is 0 Å². The zero-order valence-electron chi connectivity index (χ0n) is 10.5. The van der Waals surface area contributed by atoms with Gasteiger partial charge in [0.1, 0.15) is 0 Å². The van der Waals surface area contributed by atoms with E-state index in [0.717, 1.165) is 6.54 Å². The second kappa shape index (κ2) is 4.13. The van der Waals surface area contributed by atoms with Gasteiger partial charge < -0.3 is 4.90 Å². The predicted molar refractivity (Wildman–Crippen MR) is 65.8 cm³/mol. The van der Waals surface area contributed by atoms with Crippen LogP contribution < -0.4 is 0 Å². The Kier molecular flexibility index (Phi) is 3.01. The second-order valence-electron chi connectivity index (χ2n) is 5.41. The molecule has 0 saturated carbocycles. The van der Waals surface area contributed by atoms with Crippen LogP contribution >= 0.6 is 0 Å². The van der Waals surface area contributed by atoms with Crippen LogP contribution in [0.2, 0.25) is 0 Å². The summed E-state index contributed by atoms with van der Waals surface area (Å²) < 4.78 is 0. The summed E-state index contributed by atoms with van der Waals surface area (Å²) >= 11 is 0. The van der Waals surface area contributed by atoms with Crippen molar-refractivity contribution in [3.63, 3.8) is 0 Å². The van der Waals surface area contributed by atoms with Gasteiger partial charge in [-0.25, -0.2) is 0 Å². The summed E-state index contributed by atoms with van der Waals surface area (Å²) in [4.78, 5) is 2.45. The highest BCUT2D eigenvalue weighted by Crippen LogP contribution is 2.39. The van der Waals surface area contributed by atoms with E-state index in [1.54, 1.807) is 16.7 Å². The van der Waals surface area contributed by atoms with E-state index >= 15 is 0 Å². The molecule has 1 heteroatoms. The van der Waals surface area contributed by atoms with Crippen molar-refractivity contribution < 1.29 is 0 Å². The van der Waals surface area contributed by atoms with E-state index in [4.69, 9.17) is 0 Å². The van der Waals surface area contributed by atoms with Gasteiger partial charge in [0.2, 0.25) is 0 Å². The third kappa shape index (κ3) is 2.03. The van der Waals surface area contributed by atoms with Gasteiger partial charge in [-0.1, -0.05) is 38.0 Å². The van der Waals surface area contributed by atoms with Crippen LogP contribution in [-0.4, -0.2) is 25.0 Å². The first kappa shape index (κ1) is 10.9. The van der Waals surface area contributed by atoms with Crippen LogP contribution in [0.1, 0.15) is 33.6 Å². The normalized spacial score (nSPS) is 28.1. The summed E-state index contributed by atoms with van der Waals surface area (Å²) in [7, 11) is 2.24. The molecule has 15 heavy (non-hydrogen) atoms. The largest absolute Gasteiger partial charge is 0.302 e. The fourth-order valence-corrected chi connectivity index (χ4v) is 3.00. The molecule has 1 nitrogen and oxygen atoms in total. The van der Waals surface area contributed by atoms with Gasteiger partial charge in [0.05, 0.1) is 0 Å².